The van der Waals surface area contributed by atoms with Crippen LogP contribution in [0.4, 0.5) is 0 Å². The van der Waals surface area contributed by atoms with E-state index in [9.17, 15) is 70.2 Å². The van der Waals surface area contributed by atoms with Crippen LogP contribution in [-0.4, -0.2) is 197 Å². The number of phenols is 3. The number of aliphatic hydroxyl groups excluding tert-OH is 6. The highest BCUT2D eigenvalue weighted by atomic mass is 35.5. The van der Waals surface area contributed by atoms with Gasteiger partial charge < -0.3 is 121 Å². The Bertz CT molecular complexity index is 5060. The van der Waals surface area contributed by atoms with Crippen LogP contribution >= 0.6 is 23.2 Å². The number of carbonyl (C=O) groups is 9. The third-order valence-electron chi connectivity index (χ3n) is 22.2. The first-order chi connectivity index (χ1) is 57.5. The summed E-state index contributed by atoms with van der Waals surface area (Å²) in [5.74, 6) is -20.2. The Morgan fingerprint density at radius 3 is 1.96 bits per heavy atom. The maximum Gasteiger partial charge on any atom is 0.336 e. The number of Topliss-reactive ketones (excluding diaryl/α,β-unsaturated/α-hetero) is 2. The van der Waals surface area contributed by atoms with Gasteiger partial charge in [-0.05, 0) is 126 Å². The summed E-state index contributed by atoms with van der Waals surface area (Å²) in [4.78, 5) is 132. The molecule has 5 amide bonds. The maximum absolute atomic E-state index is 16.4. The predicted octanol–water partition coefficient (Wildman–Crippen LogP) is 6.58. The van der Waals surface area contributed by atoms with E-state index in [0.29, 0.717) is 12.0 Å². The Kier molecular flexibility index (Phi) is 28.1. The van der Waals surface area contributed by atoms with Gasteiger partial charge in [-0.1, -0.05) is 117 Å². The van der Waals surface area contributed by atoms with E-state index in [1.54, 1.807) is 13.8 Å². The molecule has 0 saturated carbocycles. The molecule has 35 heteroatoms. The molecule has 17 N–H and O–H groups in total. The van der Waals surface area contributed by atoms with Crippen LogP contribution in [0, 0.1) is 17.8 Å². The Morgan fingerprint density at radius 2 is 1.35 bits per heavy atom. The topological polar surface area (TPSA) is 516 Å². The molecular weight excluding hydrogens is 1620 g/mol. The molecule has 7 heterocycles. The van der Waals surface area contributed by atoms with Crippen molar-refractivity contribution in [3.63, 3.8) is 0 Å². The number of ether oxygens (including phenoxy) is 8. The lowest BCUT2D eigenvalue weighted by atomic mass is 9.84. The summed E-state index contributed by atoms with van der Waals surface area (Å²) < 4.78 is 50.9. The van der Waals surface area contributed by atoms with Crippen molar-refractivity contribution < 1.29 is 132 Å². The summed E-state index contributed by atoms with van der Waals surface area (Å²) in [6.45, 7) is 7.26. The molecule has 0 spiro atoms. The summed E-state index contributed by atoms with van der Waals surface area (Å²) in [6.07, 6.45) is -22.2. The van der Waals surface area contributed by atoms with Crippen molar-refractivity contribution in [3.8, 4) is 68.2 Å². The lowest BCUT2D eigenvalue weighted by molar-refractivity contribution is -0.334. The number of carboxylic acid groups (broad SMARTS) is 1. The smallest absolute Gasteiger partial charge is 0.336 e. The van der Waals surface area contributed by atoms with Gasteiger partial charge >= 0.3 is 11.9 Å². The molecule has 33 nitrogen and oxygen atoms in total. The number of ketones is 2. The first-order valence-corrected chi connectivity index (χ1v) is 39.8. The van der Waals surface area contributed by atoms with Gasteiger partial charge in [-0.25, -0.2) is 9.59 Å². The van der Waals surface area contributed by atoms with Gasteiger partial charge in [0, 0.05) is 66.4 Å². The number of aliphatic carboxylic acids is 1. The van der Waals surface area contributed by atoms with Gasteiger partial charge in [0.2, 0.25) is 41.6 Å². The molecule has 13 unspecified atom stereocenters. The van der Waals surface area contributed by atoms with Crippen molar-refractivity contribution in [2.45, 2.75) is 183 Å². The molecule has 7 aliphatic heterocycles. The number of methoxy groups -OCH3 is 1. The minimum absolute atomic E-state index is 0.0358. The zero-order chi connectivity index (χ0) is 87.3. The predicted molar refractivity (Wildman–Crippen MR) is 429 cm³/mol. The fraction of sp³-hybridized carbons (Fsp3) is 0.407. The normalized spacial score (nSPS) is 26.8. The van der Waals surface area contributed by atoms with E-state index in [0.717, 1.165) is 71.8 Å². The van der Waals surface area contributed by atoms with Crippen LogP contribution in [-0.2, 0) is 73.4 Å². The molecule has 0 radical (unpaired) electrons. The first-order valence-electron chi connectivity index (χ1n) is 39.1. The van der Waals surface area contributed by atoms with Gasteiger partial charge in [0.25, 0.3) is 0 Å². The lowest BCUT2D eigenvalue weighted by Gasteiger charge is -2.48. The zero-order valence-corrected chi connectivity index (χ0v) is 67.8. The number of phenolic OH excluding ortho intramolecular Hbond substituents is 3. The fourth-order valence-corrected chi connectivity index (χ4v) is 16.1. The quantitative estimate of drug-likeness (QED) is 0.0338. The molecule has 14 rings (SSSR count). The Morgan fingerprint density at radius 1 is 0.702 bits per heavy atom. The standard InChI is InChI=1S/C86H94Cl2N6O27/c1-7-41(23-38(2)3)79(107)93-70-57(99)27-48(30-65(89)101)80(108)91-68-47-28-61(117-59-21-18-45(72(70)102)25-53(59)87)76(121-85-77(75(105)74(104)64(36-95)119-85)120-66-34-86(5,78(106)39(4)116-66)90-35-63(84(113)114-6)115-37-40-13-15-43(16-14-40)42-11-9-8-10-12-42)62(29-47)118-60-22-19-46(26-54(60)88)73(103)71-82(110)92-69(83(111)112)52-31-49(96)32-56(98)67(52)51-24-44(17-20-55(51)97)50(33-58(68)100)81(109)94-71/h8-22,24-26,28-29,31-32,38-39,41,48,50,63-64,66,68-75,77-78,85,90,95-98,102-106H,7,23,27,30,33-37H2,1-6H3,(H2,89,101)(H,91,108)(H,92,110)(H,93,107)(H,94,109)(H,111,112)/t39?,41-,48+,50?,63?,64?,66?,68-,69?,70?,71+,72-,73-,74?,75?,77?,78?,85?,86?/m1/s1. The third kappa shape index (κ3) is 20.0. The van der Waals surface area contributed by atoms with Crippen LogP contribution in [0.25, 0.3) is 22.3 Å². The monoisotopic (exact) mass is 1710 g/mol. The zero-order valence-electron chi connectivity index (χ0n) is 66.3. The molecule has 644 valence electrons. The summed E-state index contributed by atoms with van der Waals surface area (Å²) in [6, 6.07) is 22.6. The number of carbonyl (C=O) groups excluding carboxylic acids is 8. The summed E-state index contributed by atoms with van der Waals surface area (Å²) >= 11 is 14.4. The van der Waals surface area contributed by atoms with Gasteiger partial charge in [0.05, 0.1) is 54.4 Å². The van der Waals surface area contributed by atoms with E-state index in [1.807, 2.05) is 68.4 Å². The highest BCUT2D eigenvalue weighted by molar-refractivity contribution is 6.32. The number of nitrogens with two attached hydrogens (primary N) is 1. The fourth-order valence-electron chi connectivity index (χ4n) is 15.7. The van der Waals surface area contributed by atoms with Crippen LogP contribution < -0.4 is 46.5 Å². The van der Waals surface area contributed by atoms with Crippen molar-refractivity contribution >= 4 is 76.2 Å². The summed E-state index contributed by atoms with van der Waals surface area (Å²) in [7, 11) is 1.18. The summed E-state index contributed by atoms with van der Waals surface area (Å²) in [5, 5.41) is 130. The SMILES string of the molecule is CC[C@H](CC(C)C)C(=O)NC1C(=O)C[C@@H](CC(N)=O)C(=O)N[C@H]2C(=O)CC3C(=O)N[C@H](C(=O)NC(C(=O)O)c4cc(O)cc(O)c4-c4cc3ccc4O)[C@H](O)c3ccc(c(Cl)c3)Oc3cc2cc(c3OC2OC(CO)C(O)C(O)C2OC2CC(C)(NCC(OCc3ccc(-c4ccccc4)cc3)C(=O)OC)C(O)C(C)O2)Oc2ccc(cc2Cl)[C@H]1O. The van der Waals surface area contributed by atoms with Crippen molar-refractivity contribution in [1.29, 1.82) is 0 Å². The number of esters is 1. The Hall–Kier alpha value is -10.9. The number of amides is 5. The van der Waals surface area contributed by atoms with Gasteiger partial charge in [0.15, 0.2) is 47.6 Å². The number of nitrogens with one attached hydrogen (secondary N) is 5. The largest absolute Gasteiger partial charge is 0.508 e. The minimum Gasteiger partial charge on any atom is -0.508 e. The van der Waals surface area contributed by atoms with Crippen LogP contribution in [0.5, 0.6) is 46.0 Å². The van der Waals surface area contributed by atoms with Gasteiger partial charge in [-0.3, -0.25) is 33.6 Å². The molecule has 0 aliphatic carbocycles. The molecule has 7 aromatic carbocycles. The number of carboxylic acids is 1. The number of aliphatic hydroxyl groups is 6. The maximum atomic E-state index is 16.4. The number of primary amides is 1. The minimum atomic E-state index is -2.27. The molecule has 121 heavy (non-hydrogen) atoms. The van der Waals surface area contributed by atoms with E-state index in [1.165, 1.54) is 32.2 Å². The van der Waals surface area contributed by atoms with Crippen LogP contribution in [0.2, 0.25) is 10.0 Å². The lowest BCUT2D eigenvalue weighted by Crippen LogP contribution is -2.66. The number of aromatic hydroxyl groups is 3. The van der Waals surface area contributed by atoms with Crippen LogP contribution in [0.15, 0.2) is 133 Å². The number of hydrogen-bond donors (Lipinski definition) is 16. The molecular formula is C86H94Cl2N6O27. The van der Waals surface area contributed by atoms with Crippen LogP contribution in [0.1, 0.15) is 137 Å². The number of rotatable bonds is 21. The highest BCUT2D eigenvalue weighted by Crippen LogP contribution is 2.51. The Balaban J connectivity index is 1.01. The molecule has 2 saturated heterocycles. The average molecular weight is 1710 g/mol. The third-order valence-corrected chi connectivity index (χ3v) is 22.8. The van der Waals surface area contributed by atoms with Crippen molar-refractivity contribution in [3.05, 3.63) is 177 Å². The second kappa shape index (κ2) is 38.0. The van der Waals surface area contributed by atoms with E-state index in [4.69, 9.17) is 66.8 Å². The van der Waals surface area contributed by atoms with Gasteiger partial charge in [-0.15, -0.1) is 0 Å². The van der Waals surface area contributed by atoms with Crippen molar-refractivity contribution in [2.75, 3.05) is 20.3 Å². The van der Waals surface area contributed by atoms with E-state index >= 15 is 24.0 Å². The second-order valence-corrected chi connectivity index (χ2v) is 32.1. The molecule has 7 aromatic rings. The van der Waals surface area contributed by atoms with Gasteiger partial charge in [-0.2, -0.15) is 0 Å². The highest BCUT2D eigenvalue weighted by Gasteiger charge is 2.53. The summed E-state index contributed by atoms with van der Waals surface area (Å²) in [5.41, 5.74) is 4.48. The van der Waals surface area contributed by atoms with Gasteiger partial charge in [0.1, 0.15) is 77.4 Å². The average Bonchev–Trinajstić information content (AvgIpc) is 0.766. The first kappa shape index (κ1) is 89.4. The van der Waals surface area contributed by atoms with Crippen molar-refractivity contribution in [1.82, 2.24) is 26.6 Å². The van der Waals surface area contributed by atoms with Crippen molar-refractivity contribution in [2.24, 2.45) is 23.5 Å². The van der Waals surface area contributed by atoms with Crippen LogP contribution in [0.3, 0.4) is 0 Å². The second-order valence-electron chi connectivity index (χ2n) is 31.2. The Labute approximate surface area is 703 Å². The number of benzene rings is 7. The molecule has 0 aromatic heterocycles. The molecule has 19 atom stereocenters. The number of fused-ring (bicyclic) bond motifs is 15. The van der Waals surface area contributed by atoms with E-state index < -0.39 is 261 Å². The molecule has 7 aliphatic rings. The van der Waals surface area contributed by atoms with E-state index in [-0.39, 0.29) is 59.4 Å². The number of halogens is 2. The number of hydrogen-bond acceptors (Lipinski definition) is 27. The molecule has 11 bridgehead atoms. The molecule has 2 fully saturated rings. The van der Waals surface area contributed by atoms with E-state index in [2.05, 4.69) is 26.6 Å².